The monoisotopic (exact) mass is 282 g/mol. The van der Waals surface area contributed by atoms with Crippen molar-refractivity contribution in [1.29, 1.82) is 0 Å². The van der Waals surface area contributed by atoms with Gasteiger partial charge >= 0.3 is 5.97 Å². The SMILES string of the molecule is CCC1(OC(=O)C(C)(C(C)C)C(C)C)CCCCCC1. The lowest BCUT2D eigenvalue weighted by Crippen LogP contribution is -2.45. The third kappa shape index (κ3) is 3.56. The minimum atomic E-state index is -0.380. The van der Waals surface area contributed by atoms with E-state index in [9.17, 15) is 4.79 Å². The van der Waals surface area contributed by atoms with Crippen molar-refractivity contribution in [3.63, 3.8) is 0 Å². The average molecular weight is 282 g/mol. The topological polar surface area (TPSA) is 26.3 Å². The highest BCUT2D eigenvalue weighted by Gasteiger charge is 2.45. The van der Waals surface area contributed by atoms with Crippen LogP contribution in [0.3, 0.4) is 0 Å². The number of carbonyl (C=O) groups excluding carboxylic acids is 1. The molecule has 0 aromatic rings. The van der Waals surface area contributed by atoms with E-state index in [1.807, 2.05) is 0 Å². The molecule has 118 valence electrons. The van der Waals surface area contributed by atoms with Crippen LogP contribution in [0.5, 0.6) is 0 Å². The van der Waals surface area contributed by atoms with Gasteiger partial charge in [-0.2, -0.15) is 0 Å². The van der Waals surface area contributed by atoms with Crippen LogP contribution in [0.25, 0.3) is 0 Å². The van der Waals surface area contributed by atoms with E-state index in [1.165, 1.54) is 25.7 Å². The smallest absolute Gasteiger partial charge is 0.312 e. The fourth-order valence-corrected chi connectivity index (χ4v) is 3.35. The van der Waals surface area contributed by atoms with Gasteiger partial charge < -0.3 is 4.74 Å². The molecule has 0 radical (unpaired) electrons. The van der Waals surface area contributed by atoms with Crippen LogP contribution in [-0.2, 0) is 9.53 Å². The molecule has 20 heavy (non-hydrogen) atoms. The fourth-order valence-electron chi connectivity index (χ4n) is 3.35. The quantitative estimate of drug-likeness (QED) is 0.502. The van der Waals surface area contributed by atoms with Crippen molar-refractivity contribution in [2.24, 2.45) is 17.3 Å². The van der Waals surface area contributed by atoms with Crippen LogP contribution in [0.15, 0.2) is 0 Å². The van der Waals surface area contributed by atoms with Crippen LogP contribution in [0.4, 0.5) is 0 Å². The van der Waals surface area contributed by atoms with Crippen LogP contribution < -0.4 is 0 Å². The number of ether oxygens (including phenoxy) is 1. The van der Waals surface area contributed by atoms with E-state index in [-0.39, 0.29) is 17.0 Å². The van der Waals surface area contributed by atoms with E-state index in [0.29, 0.717) is 11.8 Å². The fraction of sp³-hybridized carbons (Fsp3) is 0.944. The number of carbonyl (C=O) groups is 1. The summed E-state index contributed by atoms with van der Waals surface area (Å²) in [6, 6.07) is 0. The zero-order valence-corrected chi connectivity index (χ0v) is 14.4. The van der Waals surface area contributed by atoms with Gasteiger partial charge in [0.05, 0.1) is 5.41 Å². The van der Waals surface area contributed by atoms with E-state index in [2.05, 4.69) is 41.5 Å². The number of rotatable bonds is 5. The van der Waals surface area contributed by atoms with E-state index >= 15 is 0 Å². The van der Waals surface area contributed by atoms with Gasteiger partial charge in [0.2, 0.25) is 0 Å². The lowest BCUT2D eigenvalue weighted by molar-refractivity contribution is -0.180. The van der Waals surface area contributed by atoms with E-state index < -0.39 is 0 Å². The number of esters is 1. The molecule has 0 atom stereocenters. The largest absolute Gasteiger partial charge is 0.459 e. The van der Waals surface area contributed by atoms with Crippen LogP contribution in [-0.4, -0.2) is 11.6 Å². The average Bonchev–Trinajstić information content (AvgIpc) is 2.63. The maximum absolute atomic E-state index is 12.9. The Morgan fingerprint density at radius 1 is 1.05 bits per heavy atom. The highest BCUT2D eigenvalue weighted by atomic mass is 16.6. The summed E-state index contributed by atoms with van der Waals surface area (Å²) in [5.41, 5.74) is -0.576. The summed E-state index contributed by atoms with van der Waals surface area (Å²) in [4.78, 5) is 12.9. The van der Waals surface area contributed by atoms with Gasteiger partial charge in [0.15, 0.2) is 0 Å². The van der Waals surface area contributed by atoms with Crippen molar-refractivity contribution in [3.8, 4) is 0 Å². The second kappa shape index (κ2) is 6.95. The molecule has 2 nitrogen and oxygen atoms in total. The molecule has 1 saturated carbocycles. The third-order valence-electron chi connectivity index (χ3n) is 5.81. The molecule has 0 aliphatic heterocycles. The first-order valence-electron chi connectivity index (χ1n) is 8.52. The molecule has 0 heterocycles. The number of hydrogen-bond acceptors (Lipinski definition) is 2. The standard InChI is InChI=1S/C18H34O2/c1-7-18(12-10-8-9-11-13-18)20-16(19)17(6,14(2)3)15(4)5/h14-15H,7-13H2,1-6H3. The third-order valence-corrected chi connectivity index (χ3v) is 5.81. The molecule has 2 heteroatoms. The minimum Gasteiger partial charge on any atom is -0.459 e. The predicted molar refractivity (Wildman–Crippen MR) is 84.6 cm³/mol. The molecular weight excluding hydrogens is 248 g/mol. The van der Waals surface area contributed by atoms with Crippen LogP contribution in [0, 0.1) is 17.3 Å². The predicted octanol–water partition coefficient (Wildman–Crippen LogP) is 5.35. The lowest BCUT2D eigenvalue weighted by atomic mass is 9.70. The Kier molecular flexibility index (Phi) is 6.09. The molecule has 1 aliphatic rings. The molecule has 1 fully saturated rings. The first-order valence-corrected chi connectivity index (χ1v) is 8.52. The first kappa shape index (κ1) is 17.5. The van der Waals surface area contributed by atoms with Gasteiger partial charge in [-0.05, 0) is 50.9 Å². The van der Waals surface area contributed by atoms with Crippen LogP contribution >= 0.6 is 0 Å². The normalized spacial score (nSPS) is 20.0. The highest BCUT2D eigenvalue weighted by Crippen LogP contribution is 2.41. The van der Waals surface area contributed by atoms with Gasteiger partial charge in [-0.25, -0.2) is 0 Å². The van der Waals surface area contributed by atoms with Crippen molar-refractivity contribution in [3.05, 3.63) is 0 Å². The van der Waals surface area contributed by atoms with Gasteiger partial charge in [0.25, 0.3) is 0 Å². The molecular formula is C18H34O2. The summed E-state index contributed by atoms with van der Waals surface area (Å²) >= 11 is 0. The second-order valence-corrected chi connectivity index (χ2v) is 7.43. The van der Waals surface area contributed by atoms with Crippen molar-refractivity contribution < 1.29 is 9.53 Å². The summed E-state index contributed by atoms with van der Waals surface area (Å²) in [6.07, 6.45) is 7.99. The molecule has 0 aromatic heterocycles. The van der Waals surface area contributed by atoms with Gasteiger partial charge in [-0.1, -0.05) is 47.5 Å². The highest BCUT2D eigenvalue weighted by molar-refractivity contribution is 5.77. The van der Waals surface area contributed by atoms with E-state index in [0.717, 1.165) is 19.3 Å². The van der Waals surface area contributed by atoms with Gasteiger partial charge in [-0.15, -0.1) is 0 Å². The summed E-state index contributed by atoms with van der Waals surface area (Å²) in [7, 11) is 0. The van der Waals surface area contributed by atoms with Crippen molar-refractivity contribution in [1.82, 2.24) is 0 Å². The number of hydrogen-bond donors (Lipinski definition) is 0. The molecule has 0 amide bonds. The van der Waals surface area contributed by atoms with Crippen molar-refractivity contribution in [2.45, 2.75) is 92.1 Å². The molecule has 0 saturated heterocycles. The summed E-state index contributed by atoms with van der Waals surface area (Å²) in [5.74, 6) is 0.621. The second-order valence-electron chi connectivity index (χ2n) is 7.43. The maximum atomic E-state index is 12.9. The molecule has 0 unspecified atom stereocenters. The minimum absolute atomic E-state index is 0.0197. The molecule has 1 aliphatic carbocycles. The molecule has 1 rings (SSSR count). The Labute approximate surface area is 125 Å². The maximum Gasteiger partial charge on any atom is 0.312 e. The Hall–Kier alpha value is -0.530. The Bertz CT molecular complexity index is 301. The molecule has 0 aromatic carbocycles. The lowest BCUT2D eigenvalue weighted by Gasteiger charge is -2.40. The van der Waals surface area contributed by atoms with Gasteiger partial charge in [0.1, 0.15) is 5.60 Å². The Morgan fingerprint density at radius 2 is 1.50 bits per heavy atom. The van der Waals surface area contributed by atoms with Crippen molar-refractivity contribution >= 4 is 5.97 Å². The summed E-state index contributed by atoms with van der Waals surface area (Å²) in [6.45, 7) is 12.8. The van der Waals surface area contributed by atoms with E-state index in [4.69, 9.17) is 4.74 Å². The van der Waals surface area contributed by atoms with Gasteiger partial charge in [-0.3, -0.25) is 4.79 Å². The van der Waals surface area contributed by atoms with Crippen LogP contribution in [0.1, 0.15) is 86.5 Å². The first-order chi connectivity index (χ1) is 9.28. The van der Waals surface area contributed by atoms with Crippen molar-refractivity contribution in [2.75, 3.05) is 0 Å². The van der Waals surface area contributed by atoms with Gasteiger partial charge in [0, 0.05) is 0 Å². The Morgan fingerprint density at radius 3 is 1.85 bits per heavy atom. The van der Waals surface area contributed by atoms with Crippen LogP contribution in [0.2, 0.25) is 0 Å². The Balaban J connectivity index is 2.90. The zero-order chi connectivity index (χ0) is 15.4. The van der Waals surface area contributed by atoms with E-state index in [1.54, 1.807) is 0 Å². The summed E-state index contributed by atoms with van der Waals surface area (Å²) in [5, 5.41) is 0. The molecule has 0 N–H and O–H groups in total. The zero-order valence-electron chi connectivity index (χ0n) is 14.4. The summed E-state index contributed by atoms with van der Waals surface area (Å²) < 4.78 is 6.16. The molecule has 0 spiro atoms. The molecule has 0 bridgehead atoms.